The highest BCUT2D eigenvalue weighted by molar-refractivity contribution is 5.30. The van der Waals surface area contributed by atoms with E-state index in [1.165, 1.54) is 4.57 Å². The van der Waals surface area contributed by atoms with Crippen LogP contribution in [0.15, 0.2) is 47.5 Å². The molecule has 0 saturated carbocycles. The van der Waals surface area contributed by atoms with Crippen molar-refractivity contribution in [3.63, 3.8) is 0 Å². The second-order valence-electron chi connectivity index (χ2n) is 6.74. The molecule has 2 heterocycles. The summed E-state index contributed by atoms with van der Waals surface area (Å²) in [4.78, 5) is 18.4. The van der Waals surface area contributed by atoms with Crippen LogP contribution in [-0.4, -0.2) is 45.7 Å². The van der Waals surface area contributed by atoms with Gasteiger partial charge in [0.15, 0.2) is 5.82 Å². The number of aliphatic hydroxyl groups excluding tert-OH is 1. The van der Waals surface area contributed by atoms with Crippen molar-refractivity contribution in [2.75, 3.05) is 31.5 Å². The maximum Gasteiger partial charge on any atom is 0.293 e. The Bertz CT molecular complexity index is 724. The highest BCUT2D eigenvalue weighted by Crippen LogP contribution is 2.20. The number of β-amino-alcohol motifs (C(OH)–C–C–N with tert-alkyl or cyclic N) is 1. The lowest BCUT2D eigenvalue weighted by Crippen LogP contribution is -2.38. The van der Waals surface area contributed by atoms with Gasteiger partial charge in [0.05, 0.1) is 6.10 Å². The van der Waals surface area contributed by atoms with Crippen LogP contribution in [0.2, 0.25) is 0 Å². The summed E-state index contributed by atoms with van der Waals surface area (Å²) in [7, 11) is 1.73. The van der Waals surface area contributed by atoms with Crippen LogP contribution in [0.5, 0.6) is 0 Å². The quantitative estimate of drug-likeness (QED) is 0.835. The van der Waals surface area contributed by atoms with E-state index in [0.29, 0.717) is 18.3 Å². The van der Waals surface area contributed by atoms with Gasteiger partial charge in [-0.1, -0.05) is 30.3 Å². The number of hydrogen-bond donors (Lipinski definition) is 2. The standard InChI is InChI=1S/C19H26N4O2/c1-22-12-9-20-18(19(22)25)21-13-15-7-10-23(11-8-15)14-17(24)16-5-3-2-4-6-16/h2-6,9,12,15,17,24H,7-8,10-11,13-14H2,1H3,(H,20,21). The Morgan fingerprint density at radius 3 is 2.72 bits per heavy atom. The van der Waals surface area contributed by atoms with Crippen molar-refractivity contribution in [2.45, 2.75) is 18.9 Å². The third-order valence-corrected chi connectivity index (χ3v) is 4.90. The van der Waals surface area contributed by atoms with E-state index in [9.17, 15) is 9.90 Å². The second-order valence-corrected chi connectivity index (χ2v) is 6.74. The molecule has 25 heavy (non-hydrogen) atoms. The minimum atomic E-state index is -0.438. The van der Waals surface area contributed by atoms with Crippen LogP contribution in [0.1, 0.15) is 24.5 Å². The van der Waals surface area contributed by atoms with Crippen LogP contribution < -0.4 is 10.9 Å². The molecule has 0 bridgehead atoms. The molecule has 0 amide bonds. The number of aliphatic hydroxyl groups is 1. The molecule has 0 radical (unpaired) electrons. The van der Waals surface area contributed by atoms with Crippen molar-refractivity contribution in [1.82, 2.24) is 14.5 Å². The lowest BCUT2D eigenvalue weighted by molar-refractivity contribution is 0.0909. The van der Waals surface area contributed by atoms with Crippen molar-refractivity contribution >= 4 is 5.82 Å². The molecule has 1 aromatic heterocycles. The van der Waals surface area contributed by atoms with E-state index < -0.39 is 6.10 Å². The molecule has 1 atom stereocenters. The van der Waals surface area contributed by atoms with Gasteiger partial charge in [-0.25, -0.2) is 4.98 Å². The molecule has 134 valence electrons. The fraction of sp³-hybridized carbons (Fsp3) is 0.474. The fourth-order valence-corrected chi connectivity index (χ4v) is 3.26. The Labute approximate surface area is 148 Å². The molecule has 3 rings (SSSR count). The zero-order valence-electron chi connectivity index (χ0n) is 14.6. The molecule has 2 N–H and O–H groups in total. The van der Waals surface area contributed by atoms with Crippen molar-refractivity contribution in [3.05, 3.63) is 58.6 Å². The highest BCUT2D eigenvalue weighted by Gasteiger charge is 2.21. The number of piperidine rings is 1. The maximum absolute atomic E-state index is 12.0. The van der Waals surface area contributed by atoms with Crippen molar-refractivity contribution in [1.29, 1.82) is 0 Å². The summed E-state index contributed by atoms with van der Waals surface area (Å²) in [6, 6.07) is 9.81. The molecule has 2 aromatic rings. The van der Waals surface area contributed by atoms with Gasteiger partial charge in [0.2, 0.25) is 0 Å². The largest absolute Gasteiger partial charge is 0.387 e. The minimum Gasteiger partial charge on any atom is -0.387 e. The van der Waals surface area contributed by atoms with Gasteiger partial charge >= 0.3 is 0 Å². The zero-order valence-corrected chi connectivity index (χ0v) is 14.6. The molecule has 1 saturated heterocycles. The zero-order chi connectivity index (χ0) is 17.6. The van der Waals surface area contributed by atoms with Gasteiger partial charge in [0, 0.05) is 32.5 Å². The molecule has 1 fully saturated rings. The van der Waals surface area contributed by atoms with Crippen LogP contribution in [0.25, 0.3) is 0 Å². The number of anilines is 1. The lowest BCUT2D eigenvalue weighted by Gasteiger charge is -2.33. The first-order chi connectivity index (χ1) is 12.1. The molecule has 1 aliphatic heterocycles. The Morgan fingerprint density at radius 2 is 2.00 bits per heavy atom. The van der Waals surface area contributed by atoms with E-state index in [-0.39, 0.29) is 5.56 Å². The number of benzene rings is 1. The molecule has 6 nitrogen and oxygen atoms in total. The Hall–Kier alpha value is -2.18. The molecular weight excluding hydrogens is 316 g/mol. The molecule has 1 aromatic carbocycles. The fourth-order valence-electron chi connectivity index (χ4n) is 3.26. The molecule has 0 spiro atoms. The van der Waals surface area contributed by atoms with E-state index in [1.54, 1.807) is 19.4 Å². The van der Waals surface area contributed by atoms with Gasteiger partial charge in [-0.3, -0.25) is 4.79 Å². The minimum absolute atomic E-state index is 0.0917. The Balaban J connectivity index is 1.44. The summed E-state index contributed by atoms with van der Waals surface area (Å²) >= 11 is 0. The average Bonchev–Trinajstić information content (AvgIpc) is 2.65. The first-order valence-electron chi connectivity index (χ1n) is 8.84. The first kappa shape index (κ1) is 17.6. The summed E-state index contributed by atoms with van der Waals surface area (Å²) in [6.45, 7) is 3.37. The van der Waals surface area contributed by atoms with Crippen molar-refractivity contribution in [3.8, 4) is 0 Å². The molecule has 1 unspecified atom stereocenters. The topological polar surface area (TPSA) is 70.4 Å². The van der Waals surface area contributed by atoms with Crippen LogP contribution in [0.4, 0.5) is 5.82 Å². The summed E-state index contributed by atoms with van der Waals surface area (Å²) < 4.78 is 1.53. The number of likely N-dealkylation sites (tertiary alicyclic amines) is 1. The van der Waals surface area contributed by atoms with Gasteiger partial charge in [-0.05, 0) is 37.4 Å². The van der Waals surface area contributed by atoms with Gasteiger partial charge in [-0.2, -0.15) is 0 Å². The number of nitrogens with zero attached hydrogens (tertiary/aromatic N) is 3. The van der Waals surface area contributed by atoms with Crippen LogP contribution in [0, 0.1) is 5.92 Å². The molecular formula is C19H26N4O2. The van der Waals surface area contributed by atoms with Crippen LogP contribution in [0.3, 0.4) is 0 Å². The lowest BCUT2D eigenvalue weighted by atomic mass is 9.96. The Kier molecular flexibility index (Phi) is 5.83. The SMILES string of the molecule is Cn1ccnc(NCC2CCN(CC(O)c3ccccc3)CC2)c1=O. The smallest absolute Gasteiger partial charge is 0.293 e. The third kappa shape index (κ3) is 4.67. The van der Waals surface area contributed by atoms with Gasteiger partial charge < -0.3 is 19.9 Å². The Morgan fingerprint density at radius 1 is 1.28 bits per heavy atom. The molecule has 0 aliphatic carbocycles. The van der Waals surface area contributed by atoms with E-state index in [4.69, 9.17) is 0 Å². The summed E-state index contributed by atoms with van der Waals surface area (Å²) in [5.74, 6) is 0.948. The predicted molar refractivity (Wildman–Crippen MR) is 98.5 cm³/mol. The van der Waals surface area contributed by atoms with E-state index in [1.807, 2.05) is 30.3 Å². The molecule has 6 heteroatoms. The van der Waals surface area contributed by atoms with Gasteiger partial charge in [0.1, 0.15) is 0 Å². The van der Waals surface area contributed by atoms with Crippen molar-refractivity contribution < 1.29 is 5.11 Å². The summed E-state index contributed by atoms with van der Waals surface area (Å²) in [5.41, 5.74) is 0.878. The van der Waals surface area contributed by atoms with Crippen molar-refractivity contribution in [2.24, 2.45) is 13.0 Å². The average molecular weight is 342 g/mol. The summed E-state index contributed by atoms with van der Waals surface area (Å²) in [5, 5.41) is 13.5. The van der Waals surface area contributed by atoms with Gasteiger partial charge in [-0.15, -0.1) is 0 Å². The normalized spacial score (nSPS) is 17.4. The van der Waals surface area contributed by atoms with Gasteiger partial charge in [0.25, 0.3) is 5.56 Å². The number of hydrogen-bond acceptors (Lipinski definition) is 5. The highest BCUT2D eigenvalue weighted by atomic mass is 16.3. The van der Waals surface area contributed by atoms with E-state index >= 15 is 0 Å². The van der Waals surface area contributed by atoms with E-state index in [0.717, 1.165) is 38.0 Å². The second kappa shape index (κ2) is 8.27. The number of rotatable bonds is 6. The maximum atomic E-state index is 12.0. The van der Waals surface area contributed by atoms with E-state index in [2.05, 4.69) is 15.2 Å². The predicted octanol–water partition coefficient (Wildman–Crippen LogP) is 1.64. The molecule has 1 aliphatic rings. The number of nitrogens with one attached hydrogen (secondary N) is 1. The third-order valence-electron chi connectivity index (χ3n) is 4.90. The van der Waals surface area contributed by atoms with Crippen LogP contribution in [-0.2, 0) is 7.05 Å². The summed E-state index contributed by atoms with van der Waals surface area (Å²) in [6.07, 6.45) is 4.97. The first-order valence-corrected chi connectivity index (χ1v) is 8.84. The van der Waals surface area contributed by atoms with Crippen LogP contribution >= 0.6 is 0 Å². The number of aromatic nitrogens is 2. The number of aryl methyl sites for hydroxylation is 1. The monoisotopic (exact) mass is 342 g/mol.